The highest BCUT2D eigenvalue weighted by Gasteiger charge is 1.85. The molecule has 0 unspecified atom stereocenters. The van der Waals surface area contributed by atoms with Gasteiger partial charge >= 0.3 is 0 Å². The Hall–Kier alpha value is 0. The van der Waals surface area contributed by atoms with Crippen LogP contribution in [0.3, 0.4) is 0 Å². The van der Waals surface area contributed by atoms with E-state index in [0.717, 1.165) is 11.8 Å². The zero-order valence-electron chi connectivity index (χ0n) is 16.6. The topological polar surface area (TPSA) is 0 Å². The van der Waals surface area contributed by atoms with Crippen LogP contribution >= 0.6 is 0 Å². The van der Waals surface area contributed by atoms with E-state index in [-0.39, 0.29) is 0 Å². The molecule has 0 aromatic rings. The van der Waals surface area contributed by atoms with Gasteiger partial charge in [0.25, 0.3) is 0 Å². The fourth-order valence-corrected chi connectivity index (χ4v) is 0.577. The first kappa shape index (κ1) is 36.1. The van der Waals surface area contributed by atoms with Crippen LogP contribution in [-0.2, 0) is 0 Å². The number of rotatable bonds is 2. The molecule has 0 saturated carbocycles. The minimum absolute atomic E-state index is 0.833. The summed E-state index contributed by atoms with van der Waals surface area (Å²) in [5.74, 6) is 1.73. The zero-order valence-corrected chi connectivity index (χ0v) is 16.6. The van der Waals surface area contributed by atoms with Crippen molar-refractivity contribution in [3.05, 3.63) is 0 Å². The molecule has 0 aliphatic rings. The van der Waals surface area contributed by atoms with Crippen molar-refractivity contribution in [2.75, 3.05) is 0 Å². The van der Waals surface area contributed by atoms with Gasteiger partial charge in [-0.2, -0.15) is 0 Å². The molecule has 0 N–H and O–H groups in total. The van der Waals surface area contributed by atoms with Crippen molar-refractivity contribution in [3.8, 4) is 0 Å². The second-order valence-electron chi connectivity index (χ2n) is 3.91. The molecule has 0 atom stereocenters. The average molecular weight is 265 g/mol. The minimum Gasteiger partial charge on any atom is -0.0683 e. The Labute approximate surface area is 122 Å². The largest absolute Gasteiger partial charge is 0.0683 e. The van der Waals surface area contributed by atoms with E-state index in [1.165, 1.54) is 12.8 Å². The van der Waals surface area contributed by atoms with E-state index in [4.69, 9.17) is 0 Å². The number of hydrogen-bond acceptors (Lipinski definition) is 0. The van der Waals surface area contributed by atoms with Gasteiger partial charge in [-0.25, -0.2) is 0 Å². The fraction of sp³-hybridized carbons (Fsp3) is 1.00. The molecule has 0 aromatic heterocycles. The summed E-state index contributed by atoms with van der Waals surface area (Å²) < 4.78 is 0. The van der Waals surface area contributed by atoms with Gasteiger partial charge in [0, 0.05) is 0 Å². The lowest BCUT2D eigenvalue weighted by atomic mass is 10.1. The van der Waals surface area contributed by atoms with Crippen LogP contribution in [0.4, 0.5) is 0 Å². The first-order valence-electron chi connectivity index (χ1n) is 8.50. The second kappa shape index (κ2) is 68.0. The van der Waals surface area contributed by atoms with Gasteiger partial charge < -0.3 is 0 Å². The van der Waals surface area contributed by atoms with Gasteiger partial charge in [0.1, 0.15) is 0 Å². The van der Waals surface area contributed by atoms with E-state index in [0.29, 0.717) is 0 Å². The molecule has 0 spiro atoms. The van der Waals surface area contributed by atoms with E-state index < -0.39 is 0 Å². The summed E-state index contributed by atoms with van der Waals surface area (Å²) >= 11 is 0. The fourth-order valence-electron chi connectivity index (χ4n) is 0.577. The van der Waals surface area contributed by atoms with E-state index >= 15 is 0 Å². The van der Waals surface area contributed by atoms with Crippen LogP contribution in [0.2, 0.25) is 0 Å². The summed E-state index contributed by atoms with van der Waals surface area (Å²) in [6.07, 6.45) is 2.71. The van der Waals surface area contributed by atoms with Crippen LogP contribution in [0, 0.1) is 11.8 Å². The summed E-state index contributed by atoms with van der Waals surface area (Å²) in [7, 11) is 0. The molecule has 0 bridgehead atoms. The van der Waals surface area contributed by atoms with Crippen LogP contribution in [0.5, 0.6) is 0 Å². The maximum atomic E-state index is 2.25. The van der Waals surface area contributed by atoms with Crippen molar-refractivity contribution >= 4 is 0 Å². The third-order valence-electron chi connectivity index (χ3n) is 0.866. The van der Waals surface area contributed by atoms with Crippen LogP contribution in [-0.4, -0.2) is 0 Å². The van der Waals surface area contributed by atoms with Crippen molar-refractivity contribution in [1.29, 1.82) is 0 Å². The lowest BCUT2D eigenvalue weighted by molar-refractivity contribution is 0.576. The molecule has 0 radical (unpaired) electrons. The third-order valence-corrected chi connectivity index (χ3v) is 0.866. The van der Waals surface area contributed by atoms with Crippen molar-refractivity contribution < 1.29 is 0 Å². The second-order valence-corrected chi connectivity index (χ2v) is 3.91. The maximum Gasteiger partial charge on any atom is -0.0471 e. The zero-order chi connectivity index (χ0) is 16.6. The monoisotopic (exact) mass is 264 g/mol. The van der Waals surface area contributed by atoms with E-state index in [9.17, 15) is 0 Å². The van der Waals surface area contributed by atoms with Gasteiger partial charge in [0.15, 0.2) is 0 Å². The van der Waals surface area contributed by atoms with Gasteiger partial charge in [0.2, 0.25) is 0 Å². The molecular formula is C18H48. The molecule has 0 aliphatic carbocycles. The SMILES string of the molecule is CC.CC.CC.CC.CC(C)C.CCCC(C)C. The predicted molar refractivity (Wildman–Crippen MR) is 95.7 cm³/mol. The average Bonchev–Trinajstić information content (AvgIpc) is 2.38. The molecule has 0 heteroatoms. The van der Waals surface area contributed by atoms with E-state index in [1.54, 1.807) is 0 Å². The van der Waals surface area contributed by atoms with E-state index in [1.807, 2.05) is 55.4 Å². The Morgan fingerprint density at radius 2 is 0.722 bits per heavy atom. The molecule has 0 fully saturated rings. The molecule has 0 rings (SSSR count). The van der Waals surface area contributed by atoms with Gasteiger partial charge in [-0.05, 0) is 11.8 Å². The minimum atomic E-state index is 0.833. The highest BCUT2D eigenvalue weighted by atomic mass is 13.9. The Bertz CT molecular complexity index is 41.2. The highest BCUT2D eigenvalue weighted by molar-refractivity contribution is 4.38. The maximum absolute atomic E-state index is 2.25. The summed E-state index contributed by atoms with van der Waals surface area (Å²) in [6.45, 7) is 29.2. The van der Waals surface area contributed by atoms with Crippen molar-refractivity contribution in [3.63, 3.8) is 0 Å². The molecule has 0 aromatic carbocycles. The molecular weight excluding hydrogens is 216 g/mol. The quantitative estimate of drug-likeness (QED) is 0.471. The molecule has 0 aliphatic heterocycles. The predicted octanol–water partition coefficient (Wildman–Crippen LogP) is 8.21. The Morgan fingerprint density at radius 1 is 0.556 bits per heavy atom. The highest BCUT2D eigenvalue weighted by Crippen LogP contribution is 2.00. The normalized spacial score (nSPS) is 6.67. The van der Waals surface area contributed by atoms with Crippen molar-refractivity contribution in [2.45, 2.75) is 110 Å². The Kier molecular flexibility index (Phi) is 136. The summed E-state index contributed by atoms with van der Waals surface area (Å²) in [5, 5.41) is 0. The molecule has 120 valence electrons. The molecule has 18 heavy (non-hydrogen) atoms. The lowest BCUT2D eigenvalue weighted by Crippen LogP contribution is -1.81. The summed E-state index contributed by atoms with van der Waals surface area (Å²) in [4.78, 5) is 0. The van der Waals surface area contributed by atoms with Gasteiger partial charge in [-0.1, -0.05) is 110 Å². The first-order valence-corrected chi connectivity index (χ1v) is 8.50. The first-order chi connectivity index (χ1) is 8.50. The molecule has 0 amide bonds. The van der Waals surface area contributed by atoms with Crippen LogP contribution in [0.1, 0.15) is 110 Å². The van der Waals surface area contributed by atoms with Crippen molar-refractivity contribution in [1.82, 2.24) is 0 Å². The standard InChI is InChI=1S/C6H14.C4H10.4C2H6/c1-4-5-6(2)3;1-4(2)3;4*1-2/h6H,4-5H2,1-3H3;4H,1-3H3;4*1-2H3. The number of hydrogen-bond donors (Lipinski definition) is 0. The van der Waals surface area contributed by atoms with E-state index in [2.05, 4.69) is 41.5 Å². The summed E-state index contributed by atoms with van der Waals surface area (Å²) in [5.41, 5.74) is 0. The van der Waals surface area contributed by atoms with Gasteiger partial charge in [-0.15, -0.1) is 0 Å². The lowest BCUT2D eigenvalue weighted by Gasteiger charge is -1.95. The summed E-state index contributed by atoms with van der Waals surface area (Å²) in [6, 6.07) is 0. The van der Waals surface area contributed by atoms with Crippen LogP contribution in [0.15, 0.2) is 0 Å². The van der Waals surface area contributed by atoms with Crippen molar-refractivity contribution in [2.24, 2.45) is 11.8 Å². The molecule has 0 heterocycles. The van der Waals surface area contributed by atoms with Crippen LogP contribution < -0.4 is 0 Å². The molecule has 0 nitrogen and oxygen atoms in total. The van der Waals surface area contributed by atoms with Gasteiger partial charge in [-0.3, -0.25) is 0 Å². The Morgan fingerprint density at radius 3 is 0.722 bits per heavy atom. The third kappa shape index (κ3) is 400. The Balaban J connectivity index is -0.0000000264. The van der Waals surface area contributed by atoms with Crippen LogP contribution in [0.25, 0.3) is 0 Å². The van der Waals surface area contributed by atoms with Gasteiger partial charge in [0.05, 0.1) is 0 Å². The molecule has 0 saturated heterocycles. The smallest absolute Gasteiger partial charge is 0.0471 e.